The molecule has 0 atom stereocenters. The van der Waals surface area contributed by atoms with Gasteiger partial charge in [0.05, 0.1) is 33.0 Å². The van der Waals surface area contributed by atoms with Crippen LogP contribution < -0.4 is 0 Å². The SMILES string of the molecule is [2H]c1c([2H])c([2H])c(-c2cccc3oc4cc(-n5c6ccccc6c6cc(-c7c([2H])c([2H])c8c(c7[2H])c7ccccc7n8-c7ccc8ccccc8c7)ccc65)ccc4c23)c([2H])c1[2H]. The molecule has 0 aliphatic rings. The minimum atomic E-state index is -0.440. The van der Waals surface area contributed by atoms with Gasteiger partial charge in [0.2, 0.25) is 0 Å². The van der Waals surface area contributed by atoms with Gasteiger partial charge in [0.25, 0.3) is 0 Å². The molecule has 0 aliphatic heterocycles. The van der Waals surface area contributed by atoms with E-state index in [1.807, 2.05) is 102 Å². The van der Waals surface area contributed by atoms with Gasteiger partial charge in [0.15, 0.2) is 0 Å². The van der Waals surface area contributed by atoms with Crippen molar-refractivity contribution in [1.29, 1.82) is 0 Å². The summed E-state index contributed by atoms with van der Waals surface area (Å²) in [4.78, 5) is 0. The molecule has 0 radical (unpaired) electrons. The Labute approximate surface area is 327 Å². The number of nitrogens with zero attached hydrogens (tertiary/aromatic N) is 2. The first-order valence-electron chi connectivity index (χ1n) is 22.2. The lowest BCUT2D eigenvalue weighted by Gasteiger charge is -2.10. The predicted octanol–water partition coefficient (Wildman–Crippen LogP) is 14.3. The number of benzene rings is 9. The van der Waals surface area contributed by atoms with Crippen LogP contribution >= 0.6 is 0 Å². The number of rotatable bonds is 4. The number of para-hydroxylation sites is 2. The first kappa shape index (κ1) is 23.3. The molecule has 0 spiro atoms. The Balaban J connectivity index is 1.04. The molecule has 12 aromatic rings. The van der Waals surface area contributed by atoms with Crippen LogP contribution in [0.3, 0.4) is 0 Å². The minimum absolute atomic E-state index is 0.0150. The molecule has 0 N–H and O–H groups in total. The van der Waals surface area contributed by atoms with Crippen LogP contribution in [-0.2, 0) is 0 Å². The van der Waals surface area contributed by atoms with Crippen LogP contribution in [0.2, 0.25) is 0 Å². The average Bonchev–Trinajstić information content (AvgIpc) is 3.97. The maximum atomic E-state index is 9.78. The lowest BCUT2D eigenvalue weighted by Crippen LogP contribution is -1.94. The first-order valence-corrected chi connectivity index (χ1v) is 18.2. The van der Waals surface area contributed by atoms with Crippen molar-refractivity contribution in [1.82, 2.24) is 9.13 Å². The van der Waals surface area contributed by atoms with E-state index in [0.29, 0.717) is 44.1 Å². The zero-order chi connectivity index (χ0) is 43.0. The van der Waals surface area contributed by atoms with Crippen molar-refractivity contribution in [3.63, 3.8) is 0 Å². The second-order valence-corrected chi connectivity index (χ2v) is 13.9. The van der Waals surface area contributed by atoms with Gasteiger partial charge in [-0.25, -0.2) is 0 Å². The summed E-state index contributed by atoms with van der Waals surface area (Å²) in [5.74, 6) is 0. The van der Waals surface area contributed by atoms with Crippen LogP contribution in [0.4, 0.5) is 0 Å². The van der Waals surface area contributed by atoms with Gasteiger partial charge in [-0.2, -0.15) is 0 Å². The predicted molar refractivity (Wildman–Crippen MR) is 231 cm³/mol. The molecule has 256 valence electrons. The van der Waals surface area contributed by atoms with Crippen molar-refractivity contribution in [3.05, 3.63) is 194 Å². The summed E-state index contributed by atoms with van der Waals surface area (Å²) in [6.45, 7) is 0. The Morgan fingerprint density at radius 1 is 0.400 bits per heavy atom. The highest BCUT2D eigenvalue weighted by Gasteiger charge is 2.18. The summed E-state index contributed by atoms with van der Waals surface area (Å²) in [6, 6.07) is 46.0. The van der Waals surface area contributed by atoms with Crippen LogP contribution in [0.5, 0.6) is 0 Å². The van der Waals surface area contributed by atoms with Crippen LogP contribution in [0.15, 0.2) is 198 Å². The van der Waals surface area contributed by atoms with Gasteiger partial charge in [-0.1, -0.05) is 121 Å². The molecule has 3 aromatic heterocycles. The fourth-order valence-corrected chi connectivity index (χ4v) is 8.44. The van der Waals surface area contributed by atoms with Gasteiger partial charge in [-0.15, -0.1) is 0 Å². The second kappa shape index (κ2) is 11.6. The standard InChI is InChI=1S/C52H32N2O/c1-2-12-34(13-3-1)40-17-10-20-50-52(40)43-26-25-39(32-51(43)55-50)54-47-19-9-7-16-42(47)45-31-37(23-28-49(45)54)36-22-27-48-44(30-36)41-15-6-8-18-46(41)53(48)38-24-21-33-11-4-5-14-35(33)29-38/h1-32H/i1D,2D,3D,12D,13D,22D,27D,30D. The van der Waals surface area contributed by atoms with E-state index in [9.17, 15) is 4.11 Å². The highest BCUT2D eigenvalue weighted by Crippen LogP contribution is 2.41. The Bertz CT molecular complexity index is 3950. The molecule has 0 unspecified atom stereocenters. The lowest BCUT2D eigenvalue weighted by atomic mass is 9.99. The zero-order valence-corrected chi connectivity index (χ0v) is 29.2. The first-order chi connectivity index (χ1) is 30.6. The molecule has 3 nitrogen and oxygen atoms in total. The molecule has 3 heteroatoms. The van der Waals surface area contributed by atoms with Crippen molar-refractivity contribution < 1.29 is 15.4 Å². The summed E-state index contributed by atoms with van der Waals surface area (Å²) in [5.41, 5.74) is 7.71. The van der Waals surface area contributed by atoms with Gasteiger partial charge >= 0.3 is 0 Å². The third-order valence-corrected chi connectivity index (χ3v) is 10.9. The summed E-state index contributed by atoms with van der Waals surface area (Å²) in [5, 5.41) is 6.94. The molecule has 0 bridgehead atoms. The van der Waals surface area contributed by atoms with Crippen LogP contribution in [-0.4, -0.2) is 9.13 Å². The summed E-state index contributed by atoms with van der Waals surface area (Å²) in [6.07, 6.45) is 0. The van der Waals surface area contributed by atoms with Gasteiger partial charge < -0.3 is 13.6 Å². The van der Waals surface area contributed by atoms with Crippen molar-refractivity contribution >= 4 is 76.3 Å². The van der Waals surface area contributed by atoms with Crippen molar-refractivity contribution in [2.75, 3.05) is 0 Å². The molecule has 12 rings (SSSR count). The molecule has 9 aromatic carbocycles. The van der Waals surface area contributed by atoms with E-state index in [1.54, 1.807) is 12.1 Å². The number of aromatic nitrogens is 2. The lowest BCUT2D eigenvalue weighted by molar-refractivity contribution is 0.668. The van der Waals surface area contributed by atoms with Gasteiger partial charge in [0, 0.05) is 49.8 Å². The number of fused-ring (bicyclic) bond motifs is 10. The highest BCUT2D eigenvalue weighted by molar-refractivity contribution is 6.15. The van der Waals surface area contributed by atoms with Crippen LogP contribution in [0.25, 0.3) is 110 Å². The van der Waals surface area contributed by atoms with Gasteiger partial charge in [-0.05, 0) is 99.7 Å². The van der Waals surface area contributed by atoms with E-state index in [-0.39, 0.29) is 35.8 Å². The molecular formula is C52H32N2O. The van der Waals surface area contributed by atoms with E-state index in [1.165, 1.54) is 0 Å². The van der Waals surface area contributed by atoms with E-state index in [4.69, 9.17) is 11.3 Å². The third kappa shape index (κ3) is 4.50. The normalized spacial score (nSPS) is 14.0. The zero-order valence-electron chi connectivity index (χ0n) is 37.2. The van der Waals surface area contributed by atoms with E-state index >= 15 is 0 Å². The maximum absolute atomic E-state index is 9.78. The van der Waals surface area contributed by atoms with Crippen LogP contribution in [0.1, 0.15) is 11.0 Å². The van der Waals surface area contributed by atoms with Gasteiger partial charge in [0.1, 0.15) is 11.2 Å². The number of furan rings is 1. The van der Waals surface area contributed by atoms with E-state index in [0.717, 1.165) is 60.2 Å². The highest BCUT2D eigenvalue weighted by atomic mass is 16.3. The van der Waals surface area contributed by atoms with E-state index in [2.05, 4.69) is 41.0 Å². The molecule has 0 aliphatic carbocycles. The molecule has 3 heterocycles. The Hall–Kier alpha value is -7.36. The second-order valence-electron chi connectivity index (χ2n) is 13.9. The Morgan fingerprint density at radius 3 is 1.96 bits per heavy atom. The molecule has 0 saturated heterocycles. The molecule has 55 heavy (non-hydrogen) atoms. The maximum Gasteiger partial charge on any atom is 0.137 e. The molecular weight excluding hydrogens is 669 g/mol. The van der Waals surface area contributed by atoms with Gasteiger partial charge in [-0.3, -0.25) is 0 Å². The van der Waals surface area contributed by atoms with Crippen LogP contribution in [0, 0.1) is 0 Å². The summed E-state index contributed by atoms with van der Waals surface area (Å²) in [7, 11) is 0. The molecule has 0 amide bonds. The molecule has 0 fully saturated rings. The monoisotopic (exact) mass is 708 g/mol. The number of hydrogen-bond donors (Lipinski definition) is 0. The fourth-order valence-electron chi connectivity index (χ4n) is 8.44. The van der Waals surface area contributed by atoms with Crippen molar-refractivity contribution in [2.24, 2.45) is 0 Å². The Morgan fingerprint density at radius 2 is 1.11 bits per heavy atom. The smallest absolute Gasteiger partial charge is 0.137 e. The molecule has 0 saturated carbocycles. The largest absolute Gasteiger partial charge is 0.456 e. The Kier molecular flexibility index (Phi) is 4.91. The topological polar surface area (TPSA) is 23.0 Å². The summed E-state index contributed by atoms with van der Waals surface area (Å²) < 4.78 is 81.5. The van der Waals surface area contributed by atoms with Crippen molar-refractivity contribution in [3.8, 4) is 33.6 Å². The minimum Gasteiger partial charge on any atom is -0.456 e. The van der Waals surface area contributed by atoms with E-state index < -0.39 is 18.1 Å². The number of hydrogen-bond acceptors (Lipinski definition) is 1. The van der Waals surface area contributed by atoms with Crippen molar-refractivity contribution in [2.45, 2.75) is 0 Å². The summed E-state index contributed by atoms with van der Waals surface area (Å²) >= 11 is 0. The fraction of sp³-hybridized carbons (Fsp3) is 0. The quantitative estimate of drug-likeness (QED) is 0.178. The third-order valence-electron chi connectivity index (χ3n) is 10.9. The average molecular weight is 709 g/mol.